The van der Waals surface area contributed by atoms with Crippen molar-refractivity contribution in [3.63, 3.8) is 0 Å². The first-order valence-electron chi connectivity index (χ1n) is 8.37. The summed E-state index contributed by atoms with van der Waals surface area (Å²) in [5.74, 6) is -1.18. The van der Waals surface area contributed by atoms with Gasteiger partial charge in [0.05, 0.1) is 23.6 Å². The first-order chi connectivity index (χ1) is 13.3. The van der Waals surface area contributed by atoms with E-state index in [-0.39, 0.29) is 28.8 Å². The van der Waals surface area contributed by atoms with E-state index < -0.39 is 29.0 Å². The van der Waals surface area contributed by atoms with Crippen LogP contribution < -0.4 is 11.2 Å². The summed E-state index contributed by atoms with van der Waals surface area (Å²) < 4.78 is 33.1. The van der Waals surface area contributed by atoms with Crippen LogP contribution in [0, 0.1) is 18.6 Å². The van der Waals surface area contributed by atoms with E-state index in [9.17, 15) is 23.5 Å². The SMILES string of the molecule is CO[C@@H](CO)CSc1c(-c2ccc(F)cc2F)c(C)cc2c(=O)[nH]c(=O)[nH]c12. The molecule has 0 aliphatic heterocycles. The summed E-state index contributed by atoms with van der Waals surface area (Å²) in [7, 11) is 1.45. The van der Waals surface area contributed by atoms with Crippen molar-refractivity contribution in [2.45, 2.75) is 17.9 Å². The van der Waals surface area contributed by atoms with E-state index in [1.54, 1.807) is 13.0 Å². The van der Waals surface area contributed by atoms with Crippen molar-refractivity contribution in [1.82, 2.24) is 9.97 Å². The highest BCUT2D eigenvalue weighted by Gasteiger charge is 2.20. The van der Waals surface area contributed by atoms with Crippen molar-refractivity contribution in [1.29, 1.82) is 0 Å². The number of thioether (sulfide) groups is 1. The van der Waals surface area contributed by atoms with Gasteiger partial charge in [0.25, 0.3) is 5.56 Å². The Kier molecular flexibility index (Phi) is 5.97. The van der Waals surface area contributed by atoms with Crippen molar-refractivity contribution in [3.05, 3.63) is 62.3 Å². The fourth-order valence-electron chi connectivity index (χ4n) is 2.95. The van der Waals surface area contributed by atoms with E-state index in [4.69, 9.17) is 4.74 Å². The Balaban J connectivity index is 2.32. The van der Waals surface area contributed by atoms with Gasteiger partial charge in [-0.15, -0.1) is 11.8 Å². The molecule has 2 aromatic carbocycles. The molecule has 0 radical (unpaired) electrons. The maximum atomic E-state index is 14.5. The Morgan fingerprint density at radius 1 is 1.21 bits per heavy atom. The Hall–Kier alpha value is -2.49. The maximum absolute atomic E-state index is 14.5. The van der Waals surface area contributed by atoms with Crippen molar-refractivity contribution in [3.8, 4) is 11.1 Å². The summed E-state index contributed by atoms with van der Waals surface area (Å²) >= 11 is 1.20. The van der Waals surface area contributed by atoms with Crippen LogP contribution in [-0.2, 0) is 4.74 Å². The van der Waals surface area contributed by atoms with E-state index in [2.05, 4.69) is 9.97 Å². The van der Waals surface area contributed by atoms with Crippen LogP contribution in [0.15, 0.2) is 38.8 Å². The van der Waals surface area contributed by atoms with E-state index in [0.717, 1.165) is 12.1 Å². The standard InChI is InChI=1S/C19H18F2N2O4S/c1-9-5-13-16(22-19(26)23-18(13)25)17(28-8-11(7-24)27-2)15(9)12-4-3-10(20)6-14(12)21/h3-6,11,24H,7-8H2,1-2H3,(H2,22,23,25,26)/t11-/m0/s1. The molecule has 28 heavy (non-hydrogen) atoms. The number of aryl methyl sites for hydroxylation is 1. The van der Waals surface area contributed by atoms with Crippen LogP contribution in [0.1, 0.15) is 5.56 Å². The second kappa shape index (κ2) is 8.26. The molecule has 3 aromatic rings. The number of aliphatic hydroxyl groups excluding tert-OH is 1. The highest BCUT2D eigenvalue weighted by atomic mass is 32.2. The van der Waals surface area contributed by atoms with Gasteiger partial charge in [0, 0.05) is 35.0 Å². The van der Waals surface area contributed by atoms with Crippen molar-refractivity contribution in [2.75, 3.05) is 19.5 Å². The summed E-state index contributed by atoms with van der Waals surface area (Å²) in [6.45, 7) is 1.47. The van der Waals surface area contributed by atoms with Crippen LogP contribution >= 0.6 is 11.8 Å². The molecule has 0 fully saturated rings. The van der Waals surface area contributed by atoms with Gasteiger partial charge in [-0.1, -0.05) is 0 Å². The van der Waals surface area contributed by atoms with Gasteiger partial charge >= 0.3 is 5.69 Å². The normalized spacial score (nSPS) is 12.5. The number of H-pyrrole nitrogens is 2. The van der Waals surface area contributed by atoms with Gasteiger partial charge in [-0.2, -0.15) is 0 Å². The highest BCUT2D eigenvalue weighted by molar-refractivity contribution is 7.99. The number of ether oxygens (including phenoxy) is 1. The molecular weight excluding hydrogens is 390 g/mol. The molecule has 0 aliphatic rings. The molecule has 3 rings (SSSR count). The number of methoxy groups -OCH3 is 1. The van der Waals surface area contributed by atoms with Crippen LogP contribution in [0.4, 0.5) is 8.78 Å². The molecule has 0 saturated heterocycles. The first kappa shape index (κ1) is 20.2. The van der Waals surface area contributed by atoms with Gasteiger partial charge in [0.1, 0.15) is 11.6 Å². The molecule has 0 unspecified atom stereocenters. The number of hydrogen-bond donors (Lipinski definition) is 3. The fraction of sp³-hybridized carbons (Fsp3) is 0.263. The number of aromatic nitrogens is 2. The zero-order valence-electron chi connectivity index (χ0n) is 15.1. The number of fused-ring (bicyclic) bond motifs is 1. The molecule has 0 saturated carbocycles. The predicted octanol–water partition coefficient (Wildman–Crippen LogP) is 2.57. The Morgan fingerprint density at radius 3 is 2.61 bits per heavy atom. The number of aliphatic hydroxyl groups is 1. The quantitative estimate of drug-likeness (QED) is 0.545. The molecule has 1 aromatic heterocycles. The number of hydrogen-bond acceptors (Lipinski definition) is 5. The smallest absolute Gasteiger partial charge is 0.326 e. The second-order valence-corrected chi connectivity index (χ2v) is 7.23. The zero-order chi connectivity index (χ0) is 20.4. The summed E-state index contributed by atoms with van der Waals surface area (Å²) in [5, 5.41) is 9.61. The van der Waals surface area contributed by atoms with E-state index in [0.29, 0.717) is 16.0 Å². The minimum Gasteiger partial charge on any atom is -0.394 e. The lowest BCUT2D eigenvalue weighted by Crippen LogP contribution is -2.23. The molecule has 0 bridgehead atoms. The highest BCUT2D eigenvalue weighted by Crippen LogP contribution is 2.39. The van der Waals surface area contributed by atoms with Crippen LogP contribution in [-0.4, -0.2) is 40.6 Å². The molecule has 0 spiro atoms. The average Bonchev–Trinajstić information content (AvgIpc) is 2.64. The van der Waals surface area contributed by atoms with Gasteiger partial charge in [-0.3, -0.25) is 9.78 Å². The fourth-order valence-corrected chi connectivity index (χ4v) is 4.26. The van der Waals surface area contributed by atoms with Crippen LogP contribution in [0.2, 0.25) is 0 Å². The van der Waals surface area contributed by atoms with Crippen molar-refractivity contribution >= 4 is 22.7 Å². The summed E-state index contributed by atoms with van der Waals surface area (Å²) in [5.41, 5.74) is 0.137. The number of rotatable bonds is 6. The summed E-state index contributed by atoms with van der Waals surface area (Å²) in [6, 6.07) is 4.78. The molecule has 148 valence electrons. The molecule has 1 heterocycles. The van der Waals surface area contributed by atoms with Gasteiger partial charge < -0.3 is 14.8 Å². The Labute approximate surface area is 162 Å². The Morgan fingerprint density at radius 2 is 1.96 bits per heavy atom. The number of halogens is 2. The third-order valence-corrected chi connectivity index (χ3v) is 5.58. The number of benzene rings is 2. The molecule has 1 atom stereocenters. The molecule has 9 heteroatoms. The van der Waals surface area contributed by atoms with Crippen LogP contribution in [0.3, 0.4) is 0 Å². The predicted molar refractivity (Wildman–Crippen MR) is 104 cm³/mol. The minimum absolute atomic E-state index is 0.141. The topological polar surface area (TPSA) is 95.2 Å². The molecule has 3 N–H and O–H groups in total. The van der Waals surface area contributed by atoms with Crippen molar-refractivity contribution < 1.29 is 18.6 Å². The first-order valence-corrected chi connectivity index (χ1v) is 9.36. The molecule has 0 aliphatic carbocycles. The molecule has 6 nitrogen and oxygen atoms in total. The zero-order valence-corrected chi connectivity index (χ0v) is 16.0. The van der Waals surface area contributed by atoms with Gasteiger partial charge in [-0.25, -0.2) is 13.6 Å². The third kappa shape index (κ3) is 3.87. The maximum Gasteiger partial charge on any atom is 0.326 e. The van der Waals surface area contributed by atoms with Gasteiger partial charge in [-0.05, 0) is 30.7 Å². The summed E-state index contributed by atoms with van der Waals surface area (Å²) in [6.07, 6.45) is -0.500. The van der Waals surface area contributed by atoms with E-state index >= 15 is 0 Å². The second-order valence-electron chi connectivity index (χ2n) is 6.20. The van der Waals surface area contributed by atoms with Gasteiger partial charge in [0.15, 0.2) is 0 Å². The Bertz CT molecular complexity index is 1140. The van der Waals surface area contributed by atoms with Crippen molar-refractivity contribution in [2.24, 2.45) is 0 Å². The monoisotopic (exact) mass is 408 g/mol. The van der Waals surface area contributed by atoms with Crippen LogP contribution in [0.5, 0.6) is 0 Å². The lowest BCUT2D eigenvalue weighted by molar-refractivity contribution is 0.0656. The number of nitrogens with one attached hydrogen (secondary N) is 2. The van der Waals surface area contributed by atoms with E-state index in [1.807, 2.05) is 0 Å². The largest absolute Gasteiger partial charge is 0.394 e. The molecular formula is C19H18F2N2O4S. The third-order valence-electron chi connectivity index (χ3n) is 4.34. The lowest BCUT2D eigenvalue weighted by atomic mass is 9.98. The minimum atomic E-state index is -0.762. The van der Waals surface area contributed by atoms with Crippen LogP contribution in [0.25, 0.3) is 22.0 Å². The number of aromatic amines is 2. The molecule has 0 amide bonds. The average molecular weight is 408 g/mol. The lowest BCUT2D eigenvalue weighted by Gasteiger charge is -2.18. The van der Waals surface area contributed by atoms with Gasteiger partial charge in [0.2, 0.25) is 0 Å². The van der Waals surface area contributed by atoms with E-state index in [1.165, 1.54) is 24.9 Å². The summed E-state index contributed by atoms with van der Waals surface area (Å²) in [4.78, 5) is 29.3.